The quantitative estimate of drug-likeness (QED) is 0.516. The SMILES string of the molecule is CCOC(=O)C(C)(C)CCCSCCO. The molecule has 0 heterocycles. The van der Waals surface area contributed by atoms with E-state index in [4.69, 9.17) is 9.84 Å². The number of hydrogen-bond donors (Lipinski definition) is 1. The van der Waals surface area contributed by atoms with Gasteiger partial charge in [0.15, 0.2) is 0 Å². The third kappa shape index (κ3) is 6.79. The van der Waals surface area contributed by atoms with Gasteiger partial charge in [-0.15, -0.1) is 0 Å². The van der Waals surface area contributed by atoms with E-state index < -0.39 is 0 Å². The van der Waals surface area contributed by atoms with Crippen LogP contribution in [0.1, 0.15) is 33.6 Å². The summed E-state index contributed by atoms with van der Waals surface area (Å²) in [7, 11) is 0. The second-order valence-corrected chi connectivity index (χ2v) is 5.27. The molecule has 0 saturated heterocycles. The molecular formula is C11H22O3S. The van der Waals surface area contributed by atoms with Crippen LogP contribution in [0.5, 0.6) is 0 Å². The van der Waals surface area contributed by atoms with E-state index in [-0.39, 0.29) is 18.0 Å². The fourth-order valence-electron chi connectivity index (χ4n) is 1.21. The summed E-state index contributed by atoms with van der Waals surface area (Å²) in [6.45, 7) is 6.34. The van der Waals surface area contributed by atoms with E-state index in [0.717, 1.165) is 24.3 Å². The lowest BCUT2D eigenvalue weighted by molar-refractivity contribution is -0.153. The van der Waals surface area contributed by atoms with Crippen molar-refractivity contribution in [3.05, 3.63) is 0 Å². The number of esters is 1. The Morgan fingerprint density at radius 3 is 2.60 bits per heavy atom. The first kappa shape index (κ1) is 14.8. The van der Waals surface area contributed by atoms with Gasteiger partial charge in [-0.05, 0) is 39.4 Å². The van der Waals surface area contributed by atoms with Crippen molar-refractivity contribution in [1.29, 1.82) is 0 Å². The molecule has 0 aromatic rings. The second-order valence-electron chi connectivity index (χ2n) is 4.04. The van der Waals surface area contributed by atoms with Gasteiger partial charge in [-0.1, -0.05) is 0 Å². The number of aliphatic hydroxyl groups excluding tert-OH is 1. The van der Waals surface area contributed by atoms with Crippen LogP contribution in [0, 0.1) is 5.41 Å². The average Bonchev–Trinajstić information content (AvgIpc) is 2.18. The van der Waals surface area contributed by atoms with Crippen molar-refractivity contribution in [2.24, 2.45) is 5.41 Å². The molecule has 90 valence electrons. The first-order valence-corrected chi connectivity index (χ1v) is 6.56. The van der Waals surface area contributed by atoms with Gasteiger partial charge in [0.05, 0.1) is 18.6 Å². The summed E-state index contributed by atoms with van der Waals surface area (Å²) in [5.41, 5.74) is -0.379. The third-order valence-corrected chi connectivity index (χ3v) is 3.20. The van der Waals surface area contributed by atoms with Crippen LogP contribution < -0.4 is 0 Å². The van der Waals surface area contributed by atoms with Gasteiger partial charge >= 0.3 is 5.97 Å². The fraction of sp³-hybridized carbons (Fsp3) is 0.909. The number of thioether (sulfide) groups is 1. The first-order valence-electron chi connectivity index (χ1n) is 5.40. The zero-order valence-electron chi connectivity index (χ0n) is 9.91. The topological polar surface area (TPSA) is 46.5 Å². The molecule has 0 radical (unpaired) electrons. The summed E-state index contributed by atoms with van der Waals surface area (Å²) in [6.07, 6.45) is 1.82. The van der Waals surface area contributed by atoms with Crippen molar-refractivity contribution in [3.63, 3.8) is 0 Å². The Bertz CT molecular complexity index is 181. The van der Waals surface area contributed by atoms with Crippen molar-refractivity contribution in [3.8, 4) is 0 Å². The Kier molecular flexibility index (Phi) is 7.88. The van der Waals surface area contributed by atoms with E-state index in [1.165, 1.54) is 0 Å². The summed E-state index contributed by atoms with van der Waals surface area (Å²) in [4.78, 5) is 11.5. The van der Waals surface area contributed by atoms with Gasteiger partial charge in [-0.2, -0.15) is 11.8 Å². The second kappa shape index (κ2) is 7.99. The van der Waals surface area contributed by atoms with Gasteiger partial charge in [0.25, 0.3) is 0 Å². The third-order valence-electron chi connectivity index (χ3n) is 2.15. The Labute approximate surface area is 96.6 Å². The molecule has 15 heavy (non-hydrogen) atoms. The highest BCUT2D eigenvalue weighted by atomic mass is 32.2. The van der Waals surface area contributed by atoms with Crippen LogP contribution in [0.25, 0.3) is 0 Å². The van der Waals surface area contributed by atoms with Gasteiger partial charge in [0.1, 0.15) is 0 Å². The summed E-state index contributed by atoms with van der Waals surface area (Å²) in [6, 6.07) is 0. The molecule has 0 aliphatic rings. The van der Waals surface area contributed by atoms with Crippen LogP contribution in [-0.4, -0.2) is 35.8 Å². The molecule has 0 amide bonds. The molecule has 3 nitrogen and oxygen atoms in total. The lowest BCUT2D eigenvalue weighted by atomic mass is 9.88. The van der Waals surface area contributed by atoms with Crippen LogP contribution in [0.15, 0.2) is 0 Å². The Morgan fingerprint density at radius 2 is 2.07 bits per heavy atom. The van der Waals surface area contributed by atoms with E-state index in [9.17, 15) is 4.79 Å². The standard InChI is InChI=1S/C11H22O3S/c1-4-14-10(13)11(2,3)6-5-8-15-9-7-12/h12H,4-9H2,1-3H3. The highest BCUT2D eigenvalue weighted by molar-refractivity contribution is 7.99. The average molecular weight is 234 g/mol. The van der Waals surface area contributed by atoms with Gasteiger partial charge < -0.3 is 9.84 Å². The molecular weight excluding hydrogens is 212 g/mol. The molecule has 0 fully saturated rings. The number of aliphatic hydroxyl groups is 1. The van der Waals surface area contributed by atoms with Gasteiger partial charge in [0.2, 0.25) is 0 Å². The number of hydrogen-bond acceptors (Lipinski definition) is 4. The number of rotatable bonds is 8. The molecule has 0 bridgehead atoms. The Morgan fingerprint density at radius 1 is 1.40 bits per heavy atom. The molecule has 0 aliphatic carbocycles. The molecule has 0 saturated carbocycles. The monoisotopic (exact) mass is 234 g/mol. The predicted molar refractivity (Wildman–Crippen MR) is 64.1 cm³/mol. The van der Waals surface area contributed by atoms with Crippen LogP contribution in [0.4, 0.5) is 0 Å². The smallest absolute Gasteiger partial charge is 0.311 e. The van der Waals surface area contributed by atoms with E-state index >= 15 is 0 Å². The lowest BCUT2D eigenvalue weighted by Gasteiger charge is -2.21. The van der Waals surface area contributed by atoms with E-state index in [0.29, 0.717) is 6.61 Å². The summed E-state index contributed by atoms with van der Waals surface area (Å²) in [5, 5.41) is 8.59. The Balaban J connectivity index is 3.68. The minimum absolute atomic E-state index is 0.114. The molecule has 4 heteroatoms. The van der Waals surface area contributed by atoms with Crippen LogP contribution in [0.3, 0.4) is 0 Å². The number of carbonyl (C=O) groups is 1. The summed E-state index contributed by atoms with van der Waals surface area (Å²) >= 11 is 1.72. The lowest BCUT2D eigenvalue weighted by Crippen LogP contribution is -2.26. The molecule has 0 unspecified atom stereocenters. The molecule has 0 spiro atoms. The molecule has 0 atom stereocenters. The minimum atomic E-state index is -0.379. The van der Waals surface area contributed by atoms with Crippen LogP contribution >= 0.6 is 11.8 Å². The largest absolute Gasteiger partial charge is 0.466 e. The minimum Gasteiger partial charge on any atom is -0.466 e. The van der Waals surface area contributed by atoms with E-state index in [1.807, 2.05) is 20.8 Å². The maximum absolute atomic E-state index is 11.5. The van der Waals surface area contributed by atoms with Gasteiger partial charge in [-0.3, -0.25) is 4.79 Å². The van der Waals surface area contributed by atoms with Crippen LogP contribution in [-0.2, 0) is 9.53 Å². The van der Waals surface area contributed by atoms with Gasteiger partial charge in [0, 0.05) is 5.75 Å². The molecule has 1 N–H and O–H groups in total. The molecule has 0 rings (SSSR count). The van der Waals surface area contributed by atoms with Crippen molar-refractivity contribution in [2.45, 2.75) is 33.6 Å². The molecule has 0 aliphatic heterocycles. The van der Waals surface area contributed by atoms with E-state index in [1.54, 1.807) is 11.8 Å². The predicted octanol–water partition coefficient (Wildman–Crippen LogP) is 2.08. The fourth-order valence-corrected chi connectivity index (χ4v) is 1.89. The zero-order chi connectivity index (χ0) is 11.7. The summed E-state index contributed by atoms with van der Waals surface area (Å²) < 4.78 is 5.00. The zero-order valence-corrected chi connectivity index (χ0v) is 10.7. The molecule has 0 aromatic heterocycles. The number of carbonyl (C=O) groups excluding carboxylic acids is 1. The Hall–Kier alpha value is -0.220. The van der Waals surface area contributed by atoms with Crippen molar-refractivity contribution in [1.82, 2.24) is 0 Å². The maximum Gasteiger partial charge on any atom is 0.311 e. The highest BCUT2D eigenvalue weighted by Gasteiger charge is 2.28. The van der Waals surface area contributed by atoms with Gasteiger partial charge in [-0.25, -0.2) is 0 Å². The molecule has 0 aromatic carbocycles. The normalized spacial score (nSPS) is 11.5. The first-order chi connectivity index (χ1) is 7.04. The van der Waals surface area contributed by atoms with Crippen molar-refractivity contribution >= 4 is 17.7 Å². The van der Waals surface area contributed by atoms with Crippen molar-refractivity contribution in [2.75, 3.05) is 24.7 Å². The summed E-state index contributed by atoms with van der Waals surface area (Å²) in [5.74, 6) is 1.65. The number of ether oxygens (including phenoxy) is 1. The van der Waals surface area contributed by atoms with Crippen molar-refractivity contribution < 1.29 is 14.6 Å². The van der Waals surface area contributed by atoms with Crippen LogP contribution in [0.2, 0.25) is 0 Å². The maximum atomic E-state index is 11.5. The highest BCUT2D eigenvalue weighted by Crippen LogP contribution is 2.25. The van der Waals surface area contributed by atoms with E-state index in [2.05, 4.69) is 0 Å².